The van der Waals surface area contributed by atoms with Crippen molar-refractivity contribution in [2.24, 2.45) is 0 Å². The number of pyridine rings is 1. The van der Waals surface area contributed by atoms with Crippen LogP contribution in [-0.4, -0.2) is 34.0 Å². The number of carbonyl (C=O) groups excluding carboxylic acids is 1. The number of nitrogens with zero attached hydrogens (tertiary/aromatic N) is 2. The number of hydrogen-bond acceptors (Lipinski definition) is 2. The predicted octanol–water partition coefficient (Wildman–Crippen LogP) is 5.27. The lowest BCUT2D eigenvalue weighted by Gasteiger charge is -2.32. The highest BCUT2D eigenvalue weighted by atomic mass is 16.2. The third-order valence-corrected chi connectivity index (χ3v) is 5.69. The van der Waals surface area contributed by atoms with Gasteiger partial charge in [-0.2, -0.15) is 0 Å². The number of urea groups is 1. The number of fused-ring (bicyclic) bond motifs is 1. The van der Waals surface area contributed by atoms with Gasteiger partial charge in [0, 0.05) is 31.2 Å². The highest BCUT2D eigenvalue weighted by Gasteiger charge is 2.26. The molecule has 3 heterocycles. The Bertz CT molecular complexity index is 960. The van der Waals surface area contributed by atoms with Gasteiger partial charge in [0.1, 0.15) is 0 Å². The maximum atomic E-state index is 12.7. The fraction of sp³-hybridized carbons (Fsp3) is 0.391. The van der Waals surface area contributed by atoms with Crippen molar-refractivity contribution in [2.45, 2.75) is 44.9 Å². The number of likely N-dealkylation sites (tertiary alicyclic amines) is 1. The van der Waals surface area contributed by atoms with Crippen LogP contribution in [0.4, 0.5) is 10.5 Å². The number of anilines is 1. The van der Waals surface area contributed by atoms with Crippen LogP contribution in [0.5, 0.6) is 0 Å². The number of H-pyrrole nitrogens is 1. The predicted molar refractivity (Wildman–Crippen MR) is 114 cm³/mol. The topological polar surface area (TPSA) is 61.0 Å². The Morgan fingerprint density at radius 2 is 1.86 bits per heavy atom. The third-order valence-electron chi connectivity index (χ3n) is 5.69. The minimum Gasteiger partial charge on any atom is -0.360 e. The Hall–Kier alpha value is -2.82. The number of piperidine rings is 1. The summed E-state index contributed by atoms with van der Waals surface area (Å²) in [6.07, 6.45) is 5.84. The van der Waals surface area contributed by atoms with Gasteiger partial charge >= 0.3 is 6.03 Å². The van der Waals surface area contributed by atoms with Gasteiger partial charge in [-0.05, 0) is 59.6 Å². The Balaban J connectivity index is 1.36. The molecule has 5 heteroatoms. The van der Waals surface area contributed by atoms with Gasteiger partial charge in [0.05, 0.1) is 11.0 Å². The standard InChI is InChI=1S/C23H28N4O/c1-23(2,3)17-6-8-18(9-7-17)26-22(28)27-13-10-16(11-14-27)19-15-25-20-5-4-12-24-21(19)20/h4-9,12,15-16,25H,10-11,13-14H2,1-3H3,(H,26,28). The molecule has 5 nitrogen and oxygen atoms in total. The quantitative estimate of drug-likeness (QED) is 0.640. The Kier molecular flexibility index (Phi) is 4.84. The van der Waals surface area contributed by atoms with Crippen molar-refractivity contribution in [1.29, 1.82) is 0 Å². The van der Waals surface area contributed by atoms with Crippen LogP contribution in [0.15, 0.2) is 48.8 Å². The lowest BCUT2D eigenvalue weighted by Crippen LogP contribution is -2.40. The molecular weight excluding hydrogens is 348 g/mol. The second-order valence-electron chi connectivity index (χ2n) is 8.66. The summed E-state index contributed by atoms with van der Waals surface area (Å²) >= 11 is 0. The van der Waals surface area contributed by atoms with Crippen molar-refractivity contribution in [1.82, 2.24) is 14.9 Å². The smallest absolute Gasteiger partial charge is 0.321 e. The molecule has 0 radical (unpaired) electrons. The normalized spacial score (nSPS) is 15.8. The summed E-state index contributed by atoms with van der Waals surface area (Å²) in [6, 6.07) is 12.1. The molecule has 0 unspecified atom stereocenters. The van der Waals surface area contributed by atoms with E-state index < -0.39 is 0 Å². The molecule has 28 heavy (non-hydrogen) atoms. The number of amides is 2. The molecule has 4 rings (SSSR count). The number of aromatic nitrogens is 2. The van der Waals surface area contributed by atoms with Crippen LogP contribution in [0.1, 0.15) is 50.7 Å². The summed E-state index contributed by atoms with van der Waals surface area (Å²) in [5, 5.41) is 3.04. The van der Waals surface area contributed by atoms with E-state index in [-0.39, 0.29) is 11.4 Å². The van der Waals surface area contributed by atoms with E-state index in [0.717, 1.165) is 42.7 Å². The van der Waals surface area contributed by atoms with E-state index in [4.69, 9.17) is 0 Å². The molecule has 0 bridgehead atoms. The lowest BCUT2D eigenvalue weighted by atomic mass is 9.87. The number of nitrogens with one attached hydrogen (secondary N) is 2. The molecule has 2 N–H and O–H groups in total. The van der Waals surface area contributed by atoms with Gasteiger partial charge in [-0.15, -0.1) is 0 Å². The molecule has 0 saturated carbocycles. The van der Waals surface area contributed by atoms with Crippen LogP contribution in [0, 0.1) is 0 Å². The first-order valence-electron chi connectivity index (χ1n) is 10.0. The maximum absolute atomic E-state index is 12.7. The Labute approximate surface area is 166 Å². The summed E-state index contributed by atoms with van der Waals surface area (Å²) < 4.78 is 0. The SMILES string of the molecule is CC(C)(C)c1ccc(NC(=O)N2CCC(c3c[nH]c4cccnc34)CC2)cc1. The molecular formula is C23H28N4O. The van der Waals surface area contributed by atoms with E-state index in [9.17, 15) is 4.79 Å². The average molecular weight is 377 g/mol. The molecule has 1 aliphatic rings. The molecule has 3 aromatic rings. The van der Waals surface area contributed by atoms with Crippen molar-refractivity contribution in [3.05, 3.63) is 59.9 Å². The van der Waals surface area contributed by atoms with Crippen LogP contribution >= 0.6 is 0 Å². The highest BCUT2D eigenvalue weighted by molar-refractivity contribution is 5.89. The van der Waals surface area contributed by atoms with Gasteiger partial charge in [0.25, 0.3) is 0 Å². The minimum absolute atomic E-state index is 0.0148. The number of hydrogen-bond donors (Lipinski definition) is 2. The van der Waals surface area contributed by atoms with Gasteiger partial charge in [-0.25, -0.2) is 4.79 Å². The summed E-state index contributed by atoms with van der Waals surface area (Å²) in [4.78, 5) is 22.4. The molecule has 1 aliphatic heterocycles. The fourth-order valence-electron chi connectivity index (χ4n) is 3.94. The van der Waals surface area contributed by atoms with Gasteiger partial charge in [-0.3, -0.25) is 4.98 Å². The minimum atomic E-state index is -0.0148. The molecule has 1 aromatic carbocycles. The van der Waals surface area contributed by atoms with Crippen molar-refractivity contribution in [3.63, 3.8) is 0 Å². The maximum Gasteiger partial charge on any atom is 0.321 e. The van der Waals surface area contributed by atoms with Crippen molar-refractivity contribution in [2.75, 3.05) is 18.4 Å². The molecule has 2 amide bonds. The van der Waals surface area contributed by atoms with Gasteiger partial charge in [-0.1, -0.05) is 32.9 Å². The number of rotatable bonds is 2. The zero-order valence-electron chi connectivity index (χ0n) is 16.8. The summed E-state index contributed by atoms with van der Waals surface area (Å²) in [7, 11) is 0. The number of carbonyl (C=O) groups is 1. The first-order valence-corrected chi connectivity index (χ1v) is 10.0. The van der Waals surface area contributed by atoms with E-state index in [0.29, 0.717) is 5.92 Å². The summed E-state index contributed by atoms with van der Waals surface area (Å²) in [6.45, 7) is 8.09. The van der Waals surface area contributed by atoms with Crippen LogP contribution < -0.4 is 5.32 Å². The van der Waals surface area contributed by atoms with Crippen molar-refractivity contribution >= 4 is 22.8 Å². The van der Waals surface area contributed by atoms with Crippen LogP contribution in [0.3, 0.4) is 0 Å². The Morgan fingerprint density at radius 3 is 2.54 bits per heavy atom. The Morgan fingerprint density at radius 1 is 1.14 bits per heavy atom. The second kappa shape index (κ2) is 7.30. The largest absolute Gasteiger partial charge is 0.360 e. The van der Waals surface area contributed by atoms with Gasteiger partial charge in [0.2, 0.25) is 0 Å². The van der Waals surface area contributed by atoms with Crippen molar-refractivity contribution in [3.8, 4) is 0 Å². The lowest BCUT2D eigenvalue weighted by molar-refractivity contribution is 0.195. The highest BCUT2D eigenvalue weighted by Crippen LogP contribution is 2.32. The first kappa shape index (κ1) is 18.5. The fourth-order valence-corrected chi connectivity index (χ4v) is 3.94. The van der Waals surface area contributed by atoms with Gasteiger partial charge < -0.3 is 15.2 Å². The zero-order valence-corrected chi connectivity index (χ0v) is 16.8. The number of benzene rings is 1. The van der Waals surface area contributed by atoms with E-state index >= 15 is 0 Å². The van der Waals surface area contributed by atoms with Crippen LogP contribution in [0.25, 0.3) is 11.0 Å². The molecule has 1 saturated heterocycles. The molecule has 146 valence electrons. The van der Waals surface area contributed by atoms with E-state index in [2.05, 4.69) is 60.5 Å². The van der Waals surface area contributed by atoms with Gasteiger partial charge in [0.15, 0.2) is 0 Å². The third kappa shape index (κ3) is 3.75. The zero-order chi connectivity index (χ0) is 19.7. The van der Waals surface area contributed by atoms with E-state index in [1.165, 1.54) is 11.1 Å². The molecule has 1 fully saturated rings. The molecule has 2 aromatic heterocycles. The first-order chi connectivity index (χ1) is 13.4. The van der Waals surface area contributed by atoms with Crippen LogP contribution in [-0.2, 0) is 5.41 Å². The summed E-state index contributed by atoms with van der Waals surface area (Å²) in [5.41, 5.74) is 5.63. The van der Waals surface area contributed by atoms with E-state index in [1.54, 1.807) is 0 Å². The second-order valence-corrected chi connectivity index (χ2v) is 8.66. The molecule has 0 atom stereocenters. The monoisotopic (exact) mass is 376 g/mol. The molecule has 0 aliphatic carbocycles. The average Bonchev–Trinajstić information content (AvgIpc) is 3.12. The summed E-state index contributed by atoms with van der Waals surface area (Å²) in [5.74, 6) is 0.443. The number of aromatic amines is 1. The van der Waals surface area contributed by atoms with Crippen molar-refractivity contribution < 1.29 is 4.79 Å². The van der Waals surface area contributed by atoms with E-state index in [1.807, 2.05) is 29.3 Å². The van der Waals surface area contributed by atoms with Crippen LogP contribution in [0.2, 0.25) is 0 Å². The molecule has 0 spiro atoms.